The molecule has 1 aliphatic heterocycles. The van der Waals surface area contributed by atoms with Gasteiger partial charge in [-0.05, 0) is 49.2 Å². The first kappa shape index (κ1) is 21.2. The van der Waals surface area contributed by atoms with E-state index in [1.54, 1.807) is 25.6 Å². The number of hydrogen-bond donors (Lipinski definition) is 1. The van der Waals surface area contributed by atoms with Gasteiger partial charge in [0.2, 0.25) is 0 Å². The number of H-pyrrole nitrogens is 1. The normalized spacial score (nSPS) is 16.9. The first-order valence-electron chi connectivity index (χ1n) is 10.7. The summed E-state index contributed by atoms with van der Waals surface area (Å²) in [7, 11) is 1.66. The molecule has 7 nitrogen and oxygen atoms in total. The highest BCUT2D eigenvalue weighted by molar-refractivity contribution is 5.52. The molecule has 0 saturated carbocycles. The van der Waals surface area contributed by atoms with E-state index in [-0.39, 0.29) is 11.6 Å². The van der Waals surface area contributed by atoms with Gasteiger partial charge in [-0.25, -0.2) is 4.98 Å². The van der Waals surface area contributed by atoms with Crippen LogP contribution >= 0.6 is 0 Å². The van der Waals surface area contributed by atoms with Gasteiger partial charge in [0, 0.05) is 37.7 Å². The Bertz CT molecular complexity index is 1020. The summed E-state index contributed by atoms with van der Waals surface area (Å²) in [5, 5.41) is 0. The topological polar surface area (TPSA) is 80.3 Å². The molecular weight excluding hydrogens is 392 g/mol. The summed E-state index contributed by atoms with van der Waals surface area (Å²) in [5.74, 6) is 1.41. The number of piperidine rings is 1. The van der Waals surface area contributed by atoms with Crippen LogP contribution in [0.3, 0.4) is 0 Å². The molecule has 1 N–H and O–H groups in total. The fourth-order valence-corrected chi connectivity index (χ4v) is 3.97. The maximum absolute atomic E-state index is 12.4. The van der Waals surface area contributed by atoms with E-state index in [2.05, 4.69) is 27.0 Å². The lowest BCUT2D eigenvalue weighted by Crippen LogP contribution is -2.34. The molecule has 2 aromatic heterocycles. The number of nitrogens with one attached hydrogen (secondary N) is 1. The van der Waals surface area contributed by atoms with Crippen molar-refractivity contribution in [1.29, 1.82) is 0 Å². The SMILES string of the molecule is COCCOc1ccc(CN2CCCC[C@H]2c2cc(=O)[nH]c(-c3cccnc3)n2)cc1. The first-order chi connectivity index (χ1) is 15.2. The molecule has 3 aromatic rings. The molecule has 4 rings (SSSR count). The van der Waals surface area contributed by atoms with Gasteiger partial charge in [-0.2, -0.15) is 0 Å². The number of likely N-dealkylation sites (tertiary alicyclic amines) is 1. The molecule has 1 fully saturated rings. The molecule has 0 amide bonds. The number of methoxy groups -OCH3 is 1. The van der Waals surface area contributed by atoms with E-state index in [1.807, 2.05) is 24.3 Å². The number of benzene rings is 1. The van der Waals surface area contributed by atoms with Gasteiger partial charge >= 0.3 is 0 Å². The van der Waals surface area contributed by atoms with Crippen LogP contribution in [0, 0.1) is 0 Å². The lowest BCUT2D eigenvalue weighted by molar-refractivity contribution is 0.137. The van der Waals surface area contributed by atoms with Crippen LogP contribution in [0.2, 0.25) is 0 Å². The minimum atomic E-state index is -0.132. The summed E-state index contributed by atoms with van der Waals surface area (Å²) in [6.45, 7) is 2.90. The Morgan fingerprint density at radius 2 is 2.03 bits per heavy atom. The smallest absolute Gasteiger partial charge is 0.251 e. The predicted molar refractivity (Wildman–Crippen MR) is 119 cm³/mol. The molecule has 162 valence electrons. The fourth-order valence-electron chi connectivity index (χ4n) is 3.97. The van der Waals surface area contributed by atoms with Crippen LogP contribution in [0.15, 0.2) is 59.7 Å². The van der Waals surface area contributed by atoms with Crippen LogP contribution in [-0.2, 0) is 11.3 Å². The van der Waals surface area contributed by atoms with Crippen molar-refractivity contribution in [3.8, 4) is 17.1 Å². The van der Waals surface area contributed by atoms with Crippen LogP contribution in [-0.4, -0.2) is 46.7 Å². The van der Waals surface area contributed by atoms with Crippen LogP contribution < -0.4 is 10.3 Å². The van der Waals surface area contributed by atoms with Gasteiger partial charge in [0.1, 0.15) is 18.2 Å². The van der Waals surface area contributed by atoms with Crippen LogP contribution in [0.5, 0.6) is 5.75 Å². The van der Waals surface area contributed by atoms with E-state index < -0.39 is 0 Å². The molecule has 7 heteroatoms. The number of aromatic nitrogens is 3. The Kier molecular flexibility index (Phi) is 7.07. The molecule has 0 spiro atoms. The van der Waals surface area contributed by atoms with Gasteiger partial charge in [-0.15, -0.1) is 0 Å². The van der Waals surface area contributed by atoms with E-state index in [0.29, 0.717) is 19.0 Å². The van der Waals surface area contributed by atoms with Gasteiger partial charge in [-0.3, -0.25) is 14.7 Å². The molecule has 1 saturated heterocycles. The molecule has 3 heterocycles. The van der Waals surface area contributed by atoms with Crippen molar-refractivity contribution < 1.29 is 9.47 Å². The summed E-state index contributed by atoms with van der Waals surface area (Å²) in [6, 6.07) is 13.7. The molecule has 0 aliphatic carbocycles. The van der Waals surface area contributed by atoms with Crippen molar-refractivity contribution in [2.75, 3.05) is 26.9 Å². The third-order valence-electron chi connectivity index (χ3n) is 5.52. The van der Waals surface area contributed by atoms with Crippen molar-refractivity contribution in [2.24, 2.45) is 0 Å². The van der Waals surface area contributed by atoms with Gasteiger partial charge in [0.15, 0.2) is 0 Å². The largest absolute Gasteiger partial charge is 0.491 e. The monoisotopic (exact) mass is 420 g/mol. The third-order valence-corrected chi connectivity index (χ3v) is 5.52. The summed E-state index contributed by atoms with van der Waals surface area (Å²) < 4.78 is 10.7. The van der Waals surface area contributed by atoms with Gasteiger partial charge in [0.05, 0.1) is 18.3 Å². The number of pyridine rings is 1. The molecule has 1 aromatic carbocycles. The van der Waals surface area contributed by atoms with Crippen molar-refractivity contribution in [1.82, 2.24) is 19.9 Å². The third kappa shape index (κ3) is 5.57. The second-order valence-electron chi connectivity index (χ2n) is 7.73. The molecule has 0 unspecified atom stereocenters. The number of rotatable bonds is 8. The molecule has 1 aliphatic rings. The summed E-state index contributed by atoms with van der Waals surface area (Å²) in [5.41, 5.74) is 2.71. The lowest BCUT2D eigenvalue weighted by Gasteiger charge is -2.35. The summed E-state index contributed by atoms with van der Waals surface area (Å²) in [4.78, 5) is 26.6. The molecule has 31 heavy (non-hydrogen) atoms. The van der Waals surface area contributed by atoms with E-state index in [0.717, 1.165) is 49.4 Å². The number of hydrogen-bond acceptors (Lipinski definition) is 6. The standard InChI is InChI=1S/C24H28N4O3/c1-30-13-14-31-20-9-7-18(8-10-20)17-28-12-3-2-6-22(28)21-15-23(29)27-24(26-21)19-5-4-11-25-16-19/h4-5,7-11,15-16,22H,2-3,6,12-14,17H2,1H3,(H,26,27,29)/t22-/m0/s1. The Labute approximate surface area is 182 Å². The van der Waals surface area contributed by atoms with Crippen LogP contribution in [0.4, 0.5) is 0 Å². The highest BCUT2D eigenvalue weighted by atomic mass is 16.5. The van der Waals surface area contributed by atoms with Crippen molar-refractivity contribution >= 4 is 0 Å². The Morgan fingerprint density at radius 3 is 2.81 bits per heavy atom. The van der Waals surface area contributed by atoms with E-state index in [1.165, 1.54) is 5.56 Å². The molecular formula is C24H28N4O3. The zero-order valence-corrected chi connectivity index (χ0v) is 17.8. The van der Waals surface area contributed by atoms with E-state index >= 15 is 0 Å². The quantitative estimate of drug-likeness (QED) is 0.561. The van der Waals surface area contributed by atoms with Gasteiger partial charge < -0.3 is 14.5 Å². The maximum atomic E-state index is 12.4. The second-order valence-corrected chi connectivity index (χ2v) is 7.73. The zero-order valence-electron chi connectivity index (χ0n) is 17.8. The average molecular weight is 421 g/mol. The number of ether oxygens (including phenoxy) is 2. The first-order valence-corrected chi connectivity index (χ1v) is 10.7. The van der Waals surface area contributed by atoms with Crippen molar-refractivity contribution in [3.05, 3.63) is 76.5 Å². The minimum absolute atomic E-state index is 0.115. The lowest BCUT2D eigenvalue weighted by atomic mass is 9.98. The molecule has 0 bridgehead atoms. The minimum Gasteiger partial charge on any atom is -0.491 e. The van der Waals surface area contributed by atoms with Crippen LogP contribution in [0.25, 0.3) is 11.4 Å². The van der Waals surface area contributed by atoms with Crippen molar-refractivity contribution in [2.45, 2.75) is 31.8 Å². The number of nitrogens with zero attached hydrogens (tertiary/aromatic N) is 3. The molecule has 1 atom stereocenters. The number of aromatic amines is 1. The van der Waals surface area contributed by atoms with Gasteiger partial charge in [-0.1, -0.05) is 18.6 Å². The summed E-state index contributed by atoms with van der Waals surface area (Å²) >= 11 is 0. The highest BCUT2D eigenvalue weighted by Crippen LogP contribution is 2.31. The van der Waals surface area contributed by atoms with E-state index in [9.17, 15) is 4.79 Å². The van der Waals surface area contributed by atoms with E-state index in [4.69, 9.17) is 14.5 Å². The second kappa shape index (κ2) is 10.3. The van der Waals surface area contributed by atoms with Gasteiger partial charge in [0.25, 0.3) is 5.56 Å². The van der Waals surface area contributed by atoms with Crippen LogP contribution in [0.1, 0.15) is 36.6 Å². The fraction of sp³-hybridized carbons (Fsp3) is 0.375. The molecule has 0 radical (unpaired) electrons. The Morgan fingerprint density at radius 1 is 1.16 bits per heavy atom. The highest BCUT2D eigenvalue weighted by Gasteiger charge is 2.26. The summed E-state index contributed by atoms with van der Waals surface area (Å²) in [6.07, 6.45) is 6.69. The van der Waals surface area contributed by atoms with Crippen molar-refractivity contribution in [3.63, 3.8) is 0 Å². The Balaban J connectivity index is 1.52. The zero-order chi connectivity index (χ0) is 21.5. The predicted octanol–water partition coefficient (Wildman–Crippen LogP) is 3.58. The maximum Gasteiger partial charge on any atom is 0.251 e. The average Bonchev–Trinajstić information content (AvgIpc) is 2.81. The Hall–Kier alpha value is -3.03.